The molecule has 1 aromatic carbocycles. The van der Waals surface area contributed by atoms with Crippen molar-refractivity contribution in [2.45, 2.75) is 37.7 Å². The van der Waals surface area contributed by atoms with Crippen molar-refractivity contribution in [1.29, 1.82) is 0 Å². The number of hydrogen-bond donors (Lipinski definition) is 1. The Morgan fingerprint density at radius 2 is 1.75 bits per heavy atom. The van der Waals surface area contributed by atoms with Crippen LogP contribution in [0.15, 0.2) is 30.3 Å². The van der Waals surface area contributed by atoms with Crippen molar-refractivity contribution in [2.75, 3.05) is 6.54 Å². The molecule has 1 nitrogen and oxygen atoms in total. The summed E-state index contributed by atoms with van der Waals surface area (Å²) in [7, 11) is 0. The van der Waals surface area contributed by atoms with Gasteiger partial charge in [-0.2, -0.15) is 11.8 Å². The lowest BCUT2D eigenvalue weighted by molar-refractivity contribution is 0.637. The molecule has 0 spiro atoms. The van der Waals surface area contributed by atoms with Gasteiger partial charge in [0.2, 0.25) is 0 Å². The Labute approximate surface area is 104 Å². The first-order valence-corrected chi connectivity index (χ1v) is 7.00. The van der Waals surface area contributed by atoms with Crippen molar-refractivity contribution in [3.05, 3.63) is 35.9 Å². The fraction of sp³-hybridized carbons (Fsp3) is 0.571. The van der Waals surface area contributed by atoms with E-state index in [-0.39, 0.29) is 0 Å². The first kappa shape index (κ1) is 13.6. The molecule has 16 heavy (non-hydrogen) atoms. The van der Waals surface area contributed by atoms with Gasteiger partial charge < -0.3 is 5.73 Å². The van der Waals surface area contributed by atoms with Crippen LogP contribution in [0.1, 0.15) is 38.0 Å². The number of benzene rings is 1. The van der Waals surface area contributed by atoms with Crippen LogP contribution in [0, 0.1) is 5.92 Å². The molecule has 2 unspecified atom stereocenters. The molecular formula is C14H23NS. The maximum absolute atomic E-state index is 5.71. The predicted molar refractivity (Wildman–Crippen MR) is 74.7 cm³/mol. The highest BCUT2D eigenvalue weighted by atomic mass is 32.2. The summed E-state index contributed by atoms with van der Waals surface area (Å²) >= 11 is 2.05. The molecule has 90 valence electrons. The average molecular weight is 237 g/mol. The second-order valence-corrected chi connectivity index (χ2v) is 6.15. The molecule has 0 aliphatic rings. The van der Waals surface area contributed by atoms with Gasteiger partial charge in [-0.3, -0.25) is 0 Å². The van der Waals surface area contributed by atoms with Gasteiger partial charge in [-0.1, -0.05) is 51.1 Å². The topological polar surface area (TPSA) is 26.0 Å². The Morgan fingerprint density at radius 1 is 1.12 bits per heavy atom. The second kappa shape index (κ2) is 6.97. The lowest BCUT2D eigenvalue weighted by Crippen LogP contribution is -2.12. The highest BCUT2D eigenvalue weighted by Crippen LogP contribution is 2.36. The Morgan fingerprint density at radius 3 is 2.25 bits per heavy atom. The zero-order valence-electron chi connectivity index (χ0n) is 10.5. The van der Waals surface area contributed by atoms with E-state index in [1.54, 1.807) is 0 Å². The summed E-state index contributed by atoms with van der Waals surface area (Å²) in [5, 5.41) is 1.22. The van der Waals surface area contributed by atoms with Crippen molar-refractivity contribution in [3.8, 4) is 0 Å². The summed E-state index contributed by atoms with van der Waals surface area (Å²) in [6, 6.07) is 10.7. The van der Waals surface area contributed by atoms with Crippen molar-refractivity contribution < 1.29 is 0 Å². The second-order valence-electron chi connectivity index (χ2n) is 4.56. The Bertz CT molecular complexity index is 284. The molecule has 0 radical (unpaired) electrons. The predicted octanol–water partition coefficient (Wildman–Crippen LogP) is 3.85. The van der Waals surface area contributed by atoms with E-state index in [1.807, 2.05) is 0 Å². The first-order chi connectivity index (χ1) is 7.65. The molecule has 1 rings (SSSR count). The molecule has 0 heterocycles. The van der Waals surface area contributed by atoms with E-state index in [0.717, 1.165) is 13.0 Å². The van der Waals surface area contributed by atoms with E-state index in [2.05, 4.69) is 62.9 Å². The average Bonchev–Trinajstić information content (AvgIpc) is 2.29. The minimum Gasteiger partial charge on any atom is -0.330 e. The van der Waals surface area contributed by atoms with Crippen molar-refractivity contribution in [3.63, 3.8) is 0 Å². The highest BCUT2D eigenvalue weighted by molar-refractivity contribution is 8.00. The van der Waals surface area contributed by atoms with E-state index in [0.29, 0.717) is 16.4 Å². The zero-order chi connectivity index (χ0) is 12.0. The summed E-state index contributed by atoms with van der Waals surface area (Å²) < 4.78 is 0. The minimum absolute atomic E-state index is 0.545. The molecule has 0 aromatic heterocycles. The number of thioether (sulfide) groups is 1. The fourth-order valence-electron chi connectivity index (χ4n) is 1.55. The molecule has 0 aliphatic carbocycles. The van der Waals surface area contributed by atoms with Gasteiger partial charge in [0.1, 0.15) is 0 Å². The maximum Gasteiger partial charge on any atom is 0.0312 e. The van der Waals surface area contributed by atoms with Crippen LogP contribution in [0.5, 0.6) is 0 Å². The summed E-state index contributed by atoms with van der Waals surface area (Å²) in [6.45, 7) is 7.63. The normalized spacial score (nSPS) is 15.1. The van der Waals surface area contributed by atoms with E-state index >= 15 is 0 Å². The third-order valence-corrected chi connectivity index (χ3v) is 4.73. The standard InChI is InChI=1S/C14H23NS/c1-11(2)12(3)16-14(9-10-15)13-7-5-4-6-8-13/h4-8,11-12,14H,9-10,15H2,1-3H3. The molecule has 0 saturated carbocycles. The van der Waals surface area contributed by atoms with Gasteiger partial charge >= 0.3 is 0 Å². The SMILES string of the molecule is CC(C)C(C)SC(CCN)c1ccccc1. The van der Waals surface area contributed by atoms with Gasteiger partial charge in [-0.25, -0.2) is 0 Å². The maximum atomic E-state index is 5.71. The molecule has 2 heteroatoms. The molecule has 0 fully saturated rings. The van der Waals surface area contributed by atoms with E-state index in [1.165, 1.54) is 5.56 Å². The van der Waals surface area contributed by atoms with Gasteiger partial charge in [-0.15, -0.1) is 0 Å². The summed E-state index contributed by atoms with van der Waals surface area (Å²) in [6.07, 6.45) is 1.06. The molecular weight excluding hydrogens is 214 g/mol. The minimum atomic E-state index is 0.545. The monoisotopic (exact) mass is 237 g/mol. The van der Waals surface area contributed by atoms with Crippen molar-refractivity contribution >= 4 is 11.8 Å². The van der Waals surface area contributed by atoms with Crippen LogP contribution >= 0.6 is 11.8 Å². The Kier molecular flexibility index (Phi) is 5.93. The summed E-state index contributed by atoms with van der Waals surface area (Å²) in [5.74, 6) is 0.717. The lowest BCUT2D eigenvalue weighted by atomic mass is 10.1. The van der Waals surface area contributed by atoms with Gasteiger partial charge in [0.25, 0.3) is 0 Å². The Hall–Kier alpha value is -0.470. The van der Waals surface area contributed by atoms with Crippen LogP contribution in [0.3, 0.4) is 0 Å². The van der Waals surface area contributed by atoms with Crippen molar-refractivity contribution in [1.82, 2.24) is 0 Å². The number of hydrogen-bond acceptors (Lipinski definition) is 2. The first-order valence-electron chi connectivity index (χ1n) is 6.05. The van der Waals surface area contributed by atoms with E-state index in [4.69, 9.17) is 5.73 Å². The number of rotatable bonds is 6. The highest BCUT2D eigenvalue weighted by Gasteiger charge is 2.16. The van der Waals surface area contributed by atoms with Crippen LogP contribution < -0.4 is 5.73 Å². The number of nitrogens with two attached hydrogens (primary N) is 1. The summed E-state index contributed by atoms with van der Waals surface area (Å²) in [5.41, 5.74) is 7.11. The molecule has 0 amide bonds. The van der Waals surface area contributed by atoms with E-state index in [9.17, 15) is 0 Å². The zero-order valence-corrected chi connectivity index (χ0v) is 11.3. The Balaban J connectivity index is 2.68. The van der Waals surface area contributed by atoms with Crippen LogP contribution in [-0.2, 0) is 0 Å². The van der Waals surface area contributed by atoms with Gasteiger partial charge in [0.15, 0.2) is 0 Å². The third-order valence-electron chi connectivity index (χ3n) is 2.92. The fourth-order valence-corrected chi connectivity index (χ4v) is 2.97. The smallest absolute Gasteiger partial charge is 0.0312 e. The quantitative estimate of drug-likeness (QED) is 0.813. The van der Waals surface area contributed by atoms with E-state index < -0.39 is 0 Å². The van der Waals surface area contributed by atoms with Crippen LogP contribution in [0.4, 0.5) is 0 Å². The largest absolute Gasteiger partial charge is 0.330 e. The molecule has 2 atom stereocenters. The molecule has 0 bridgehead atoms. The van der Waals surface area contributed by atoms with Gasteiger partial charge in [-0.05, 0) is 24.4 Å². The molecule has 0 aliphatic heterocycles. The molecule has 2 N–H and O–H groups in total. The third kappa shape index (κ3) is 4.18. The van der Waals surface area contributed by atoms with Gasteiger partial charge in [0.05, 0.1) is 0 Å². The van der Waals surface area contributed by atoms with Crippen LogP contribution in [-0.4, -0.2) is 11.8 Å². The summed E-state index contributed by atoms with van der Waals surface area (Å²) in [4.78, 5) is 0. The molecule has 1 aromatic rings. The van der Waals surface area contributed by atoms with Crippen LogP contribution in [0.25, 0.3) is 0 Å². The lowest BCUT2D eigenvalue weighted by Gasteiger charge is -2.23. The van der Waals surface area contributed by atoms with Gasteiger partial charge in [0, 0.05) is 10.5 Å². The molecule has 0 saturated heterocycles. The van der Waals surface area contributed by atoms with Crippen molar-refractivity contribution in [2.24, 2.45) is 11.7 Å². The van der Waals surface area contributed by atoms with Crippen LogP contribution in [0.2, 0.25) is 0 Å².